The van der Waals surface area contributed by atoms with Gasteiger partial charge in [0.2, 0.25) is 5.91 Å². The van der Waals surface area contributed by atoms with Crippen LogP contribution in [0.5, 0.6) is 0 Å². The molecule has 0 aliphatic rings. The number of benzene rings is 3. The molecule has 0 saturated carbocycles. The van der Waals surface area contributed by atoms with Gasteiger partial charge in [0.25, 0.3) is 5.91 Å². The number of rotatable bonds is 11. The van der Waals surface area contributed by atoms with Crippen LogP contribution in [-0.2, 0) is 11.2 Å². The molecule has 6 nitrogen and oxygen atoms in total. The number of aryl methyl sites for hydroxylation is 3. The molecule has 0 fully saturated rings. The Morgan fingerprint density at radius 3 is 2.23 bits per heavy atom. The maximum absolute atomic E-state index is 13.6. The Hall–Kier alpha value is -4.19. The van der Waals surface area contributed by atoms with Crippen molar-refractivity contribution < 1.29 is 9.59 Å². The van der Waals surface area contributed by atoms with E-state index >= 15 is 0 Å². The van der Waals surface area contributed by atoms with E-state index in [1.165, 1.54) is 18.4 Å². The number of para-hydroxylation sites is 1. The molecular weight excluding hydrogens is 496 g/mol. The van der Waals surface area contributed by atoms with E-state index in [-0.39, 0.29) is 24.4 Å². The monoisotopic (exact) mass is 536 g/mol. The molecule has 3 aromatic carbocycles. The summed E-state index contributed by atoms with van der Waals surface area (Å²) < 4.78 is 1.80. The summed E-state index contributed by atoms with van der Waals surface area (Å²) in [7, 11) is 0. The summed E-state index contributed by atoms with van der Waals surface area (Å²) in [4.78, 5) is 28.7. The molecule has 1 N–H and O–H groups in total. The summed E-state index contributed by atoms with van der Waals surface area (Å²) in [5.74, 6) is 0.165. The second-order valence-corrected chi connectivity index (χ2v) is 10.6. The number of unbranched alkanes of at least 4 members (excludes halogenated alkanes) is 2. The maximum Gasteiger partial charge on any atom is 0.254 e. The van der Waals surface area contributed by atoms with Crippen molar-refractivity contribution >= 4 is 17.6 Å². The van der Waals surface area contributed by atoms with E-state index in [2.05, 4.69) is 12.2 Å². The van der Waals surface area contributed by atoms with Crippen molar-refractivity contribution in [2.24, 2.45) is 0 Å². The number of nitrogens with one attached hydrogen (secondary N) is 1. The van der Waals surface area contributed by atoms with Gasteiger partial charge in [0.15, 0.2) is 0 Å². The maximum atomic E-state index is 13.6. The predicted octanol–water partition coefficient (Wildman–Crippen LogP) is 7.38. The molecule has 208 valence electrons. The zero-order valence-electron chi connectivity index (χ0n) is 24.3. The lowest BCUT2D eigenvalue weighted by atomic mass is 10.0. The molecule has 0 saturated heterocycles. The van der Waals surface area contributed by atoms with Crippen molar-refractivity contribution in [3.05, 3.63) is 101 Å². The van der Waals surface area contributed by atoms with Gasteiger partial charge in [0.1, 0.15) is 12.4 Å². The SMILES string of the molecule is CCCCCc1ccc(C(=O)N(CC(=O)Nc2c(-c3ccccc3)c(C)nn2-c2ccccc2C)C(C)C)cc1. The summed E-state index contributed by atoms with van der Waals surface area (Å²) in [6.45, 7) is 9.96. The Morgan fingerprint density at radius 1 is 0.900 bits per heavy atom. The number of nitrogens with zero attached hydrogens (tertiary/aromatic N) is 3. The van der Waals surface area contributed by atoms with Crippen molar-refractivity contribution in [3.63, 3.8) is 0 Å². The van der Waals surface area contributed by atoms with Crippen molar-refractivity contribution in [3.8, 4) is 16.8 Å². The van der Waals surface area contributed by atoms with Gasteiger partial charge in [-0.1, -0.05) is 80.4 Å². The fourth-order valence-corrected chi connectivity index (χ4v) is 4.94. The van der Waals surface area contributed by atoms with Crippen LogP contribution in [0.25, 0.3) is 16.8 Å². The molecule has 1 heterocycles. The number of amides is 2. The number of carbonyl (C=O) groups is 2. The molecule has 1 aromatic heterocycles. The van der Waals surface area contributed by atoms with Crippen LogP contribution in [0, 0.1) is 13.8 Å². The quantitative estimate of drug-likeness (QED) is 0.203. The minimum Gasteiger partial charge on any atom is -0.327 e. The Balaban J connectivity index is 1.60. The minimum atomic E-state index is -0.273. The highest BCUT2D eigenvalue weighted by Gasteiger charge is 2.25. The fourth-order valence-electron chi connectivity index (χ4n) is 4.94. The highest BCUT2D eigenvalue weighted by Crippen LogP contribution is 2.34. The fraction of sp³-hybridized carbons (Fsp3) is 0.324. The number of hydrogen-bond donors (Lipinski definition) is 1. The first kappa shape index (κ1) is 28.8. The zero-order chi connectivity index (χ0) is 28.6. The third kappa shape index (κ3) is 6.68. The van der Waals surface area contributed by atoms with Gasteiger partial charge in [-0.15, -0.1) is 0 Å². The standard InChI is InChI=1S/C34H40N4O2/c1-6-7-9-15-27-19-21-29(22-20-27)34(40)37(24(2)3)23-31(39)35-33-32(28-16-10-8-11-17-28)26(5)36-38(33)30-18-13-12-14-25(30)4/h8,10-14,16-22,24H,6-7,9,15,23H2,1-5H3,(H,35,39). The molecule has 0 spiro atoms. The molecule has 0 unspecified atom stereocenters. The van der Waals surface area contributed by atoms with E-state index in [0.29, 0.717) is 11.4 Å². The van der Waals surface area contributed by atoms with Crippen molar-refractivity contribution in [2.45, 2.75) is 66.3 Å². The van der Waals surface area contributed by atoms with Gasteiger partial charge in [-0.2, -0.15) is 5.10 Å². The van der Waals surface area contributed by atoms with E-state index < -0.39 is 0 Å². The molecule has 0 atom stereocenters. The predicted molar refractivity (Wildman–Crippen MR) is 163 cm³/mol. The lowest BCUT2D eigenvalue weighted by molar-refractivity contribution is -0.117. The summed E-state index contributed by atoms with van der Waals surface area (Å²) in [6, 6.07) is 25.5. The summed E-state index contributed by atoms with van der Waals surface area (Å²) in [6.07, 6.45) is 4.53. The van der Waals surface area contributed by atoms with E-state index in [1.807, 2.05) is 107 Å². The lowest BCUT2D eigenvalue weighted by Crippen LogP contribution is -2.42. The minimum absolute atomic E-state index is 0.0685. The number of aromatic nitrogens is 2. The molecule has 4 aromatic rings. The summed E-state index contributed by atoms with van der Waals surface area (Å²) in [5.41, 5.74) is 6.37. The Morgan fingerprint density at radius 2 is 1.57 bits per heavy atom. The van der Waals surface area contributed by atoms with Crippen LogP contribution in [0.15, 0.2) is 78.9 Å². The van der Waals surface area contributed by atoms with Crippen LogP contribution in [0.3, 0.4) is 0 Å². The Labute approximate surface area is 238 Å². The van der Waals surface area contributed by atoms with Crippen LogP contribution in [0.2, 0.25) is 0 Å². The highest BCUT2D eigenvalue weighted by atomic mass is 16.2. The molecule has 4 rings (SSSR count). The normalized spacial score (nSPS) is 11.1. The molecule has 2 amide bonds. The van der Waals surface area contributed by atoms with Gasteiger partial charge in [0.05, 0.1) is 11.4 Å². The van der Waals surface area contributed by atoms with Gasteiger partial charge < -0.3 is 10.2 Å². The molecule has 0 aliphatic carbocycles. The average Bonchev–Trinajstić information content (AvgIpc) is 3.27. The van der Waals surface area contributed by atoms with Crippen molar-refractivity contribution in [1.82, 2.24) is 14.7 Å². The van der Waals surface area contributed by atoms with Gasteiger partial charge in [-0.3, -0.25) is 9.59 Å². The van der Waals surface area contributed by atoms with Crippen molar-refractivity contribution in [2.75, 3.05) is 11.9 Å². The summed E-state index contributed by atoms with van der Waals surface area (Å²) in [5, 5.41) is 7.95. The van der Waals surface area contributed by atoms with Gasteiger partial charge in [-0.25, -0.2) is 4.68 Å². The highest BCUT2D eigenvalue weighted by molar-refractivity contribution is 6.01. The van der Waals surface area contributed by atoms with E-state index in [9.17, 15) is 9.59 Å². The number of carbonyl (C=O) groups excluding carboxylic acids is 2. The largest absolute Gasteiger partial charge is 0.327 e. The van der Waals surface area contributed by atoms with Crippen LogP contribution in [0.1, 0.15) is 67.2 Å². The first-order chi connectivity index (χ1) is 19.3. The molecule has 0 radical (unpaired) electrons. The van der Waals surface area contributed by atoms with Crippen LogP contribution >= 0.6 is 0 Å². The molecular formula is C34H40N4O2. The molecule has 6 heteroatoms. The summed E-state index contributed by atoms with van der Waals surface area (Å²) >= 11 is 0. The van der Waals surface area contributed by atoms with Crippen LogP contribution in [0.4, 0.5) is 5.82 Å². The second-order valence-electron chi connectivity index (χ2n) is 10.6. The molecule has 0 aliphatic heterocycles. The lowest BCUT2D eigenvalue weighted by Gasteiger charge is -2.26. The van der Waals surface area contributed by atoms with E-state index in [4.69, 9.17) is 5.10 Å². The molecule has 40 heavy (non-hydrogen) atoms. The van der Waals surface area contributed by atoms with Gasteiger partial charge >= 0.3 is 0 Å². The zero-order valence-corrected chi connectivity index (χ0v) is 24.3. The number of anilines is 1. The first-order valence-corrected chi connectivity index (χ1v) is 14.2. The second kappa shape index (κ2) is 13.2. The number of hydrogen-bond acceptors (Lipinski definition) is 3. The van der Waals surface area contributed by atoms with E-state index in [1.54, 1.807) is 9.58 Å². The average molecular weight is 537 g/mol. The first-order valence-electron chi connectivity index (χ1n) is 14.2. The molecule has 0 bridgehead atoms. The van der Waals surface area contributed by atoms with E-state index in [0.717, 1.165) is 40.9 Å². The third-order valence-electron chi connectivity index (χ3n) is 7.19. The topological polar surface area (TPSA) is 67.2 Å². The Kier molecular flexibility index (Phi) is 9.54. The van der Waals surface area contributed by atoms with Crippen LogP contribution in [-0.4, -0.2) is 39.1 Å². The Bertz CT molecular complexity index is 1440. The third-order valence-corrected chi connectivity index (χ3v) is 7.19. The van der Waals surface area contributed by atoms with Crippen LogP contribution < -0.4 is 5.32 Å². The van der Waals surface area contributed by atoms with Crippen molar-refractivity contribution in [1.29, 1.82) is 0 Å². The van der Waals surface area contributed by atoms with Gasteiger partial charge in [0, 0.05) is 17.2 Å². The van der Waals surface area contributed by atoms with Gasteiger partial charge in [-0.05, 0) is 75.4 Å². The smallest absolute Gasteiger partial charge is 0.254 e.